The van der Waals surface area contributed by atoms with Gasteiger partial charge in [0.15, 0.2) is 0 Å². The van der Waals surface area contributed by atoms with Crippen LogP contribution in [0.15, 0.2) is 34.9 Å². The second kappa shape index (κ2) is 8.29. The molecule has 0 bridgehead atoms. The van der Waals surface area contributed by atoms with Crippen molar-refractivity contribution in [3.8, 4) is 0 Å². The van der Waals surface area contributed by atoms with Crippen molar-refractivity contribution >= 4 is 29.2 Å². The molecule has 1 fully saturated rings. The molecule has 0 saturated carbocycles. The lowest BCUT2D eigenvalue weighted by molar-refractivity contribution is -0.161. The quantitative estimate of drug-likeness (QED) is 0.773. The maximum absolute atomic E-state index is 13.1. The number of aromatic nitrogens is 1. The van der Waals surface area contributed by atoms with Gasteiger partial charge in [0.1, 0.15) is 6.04 Å². The Kier molecular flexibility index (Phi) is 6.12. The zero-order valence-electron chi connectivity index (χ0n) is 16.8. The first kappa shape index (κ1) is 22.1. The van der Waals surface area contributed by atoms with Gasteiger partial charge in [0.05, 0.1) is 23.8 Å². The number of nitrogens with one attached hydrogen (secondary N) is 1. The molecule has 2 aliphatic rings. The molecule has 30 heavy (non-hydrogen) atoms. The maximum atomic E-state index is 13.1. The van der Waals surface area contributed by atoms with Crippen LogP contribution in [0.25, 0.3) is 0 Å². The standard InChI is InChI=1S/C20H22ClF3N4O2/c1-11-7-8-15(12(2)26-11)28-10-16(27(3)19(28)30)18(29)25-9-13-5-4-6-14(17(13)21)20(22,23)24/h4-5,7-8,14,16H,6,9-10H2,1-3H3,(H,25,29). The number of hydrogen-bond donors (Lipinski definition) is 1. The number of pyridine rings is 1. The van der Waals surface area contributed by atoms with E-state index in [4.69, 9.17) is 11.6 Å². The number of carbonyl (C=O) groups is 2. The minimum absolute atomic E-state index is 0.112. The van der Waals surface area contributed by atoms with Crippen LogP contribution < -0.4 is 10.2 Å². The van der Waals surface area contributed by atoms with Crippen molar-refractivity contribution in [3.63, 3.8) is 0 Å². The van der Waals surface area contributed by atoms with Gasteiger partial charge in [-0.2, -0.15) is 13.2 Å². The van der Waals surface area contributed by atoms with E-state index in [0.29, 0.717) is 11.4 Å². The number of nitrogens with zero attached hydrogens (tertiary/aromatic N) is 3. The van der Waals surface area contributed by atoms with Crippen LogP contribution in [-0.4, -0.2) is 54.2 Å². The number of amides is 3. The average Bonchev–Trinajstić information content (AvgIpc) is 2.95. The Morgan fingerprint density at radius 1 is 1.33 bits per heavy atom. The topological polar surface area (TPSA) is 65.5 Å². The van der Waals surface area contributed by atoms with Gasteiger partial charge in [0.25, 0.3) is 0 Å². The largest absolute Gasteiger partial charge is 0.396 e. The molecule has 3 rings (SSSR count). The van der Waals surface area contributed by atoms with E-state index in [2.05, 4.69) is 10.3 Å². The first-order chi connectivity index (χ1) is 14.0. The van der Waals surface area contributed by atoms with Gasteiger partial charge in [-0.25, -0.2) is 4.79 Å². The van der Waals surface area contributed by atoms with Crippen LogP contribution in [0.3, 0.4) is 0 Å². The molecule has 0 radical (unpaired) electrons. The first-order valence-corrected chi connectivity index (χ1v) is 9.76. The summed E-state index contributed by atoms with van der Waals surface area (Å²) in [6.07, 6.45) is -1.79. The molecule has 3 amide bonds. The lowest BCUT2D eigenvalue weighted by Crippen LogP contribution is -2.44. The molecule has 6 nitrogen and oxygen atoms in total. The van der Waals surface area contributed by atoms with Crippen molar-refractivity contribution in [3.05, 3.63) is 46.3 Å². The number of halogens is 4. The summed E-state index contributed by atoms with van der Waals surface area (Å²) >= 11 is 5.94. The number of carbonyl (C=O) groups excluding carboxylic acids is 2. The molecule has 1 N–H and O–H groups in total. The molecule has 0 aromatic carbocycles. The highest BCUT2D eigenvalue weighted by Crippen LogP contribution is 2.40. The molecule has 10 heteroatoms. The van der Waals surface area contributed by atoms with E-state index >= 15 is 0 Å². The number of rotatable bonds is 4. The number of allylic oxidation sites excluding steroid dienone is 2. The average molecular weight is 443 g/mol. The van der Waals surface area contributed by atoms with E-state index in [1.165, 1.54) is 29.0 Å². The fourth-order valence-electron chi connectivity index (χ4n) is 3.60. The molecular weight excluding hydrogens is 421 g/mol. The Hall–Kier alpha value is -2.55. The molecule has 2 unspecified atom stereocenters. The van der Waals surface area contributed by atoms with Crippen molar-refractivity contribution in [2.45, 2.75) is 32.5 Å². The molecule has 1 aliphatic heterocycles. The summed E-state index contributed by atoms with van der Waals surface area (Å²) in [4.78, 5) is 32.5. The predicted octanol–water partition coefficient (Wildman–Crippen LogP) is 3.69. The maximum Gasteiger partial charge on any atom is 0.396 e. The second-order valence-electron chi connectivity index (χ2n) is 7.40. The Bertz CT molecular complexity index is 929. The number of likely N-dealkylation sites (N-methyl/N-ethyl adjacent to an activating group) is 1. The SMILES string of the molecule is Cc1ccc(N2CC(C(=O)NCC3=C(Cl)C(C(F)(F)F)CC=C3)N(C)C2=O)c(C)n1. The van der Waals surface area contributed by atoms with Crippen molar-refractivity contribution in [2.75, 3.05) is 25.0 Å². The van der Waals surface area contributed by atoms with Gasteiger partial charge in [-0.05, 0) is 38.0 Å². The minimum Gasteiger partial charge on any atom is -0.350 e. The van der Waals surface area contributed by atoms with Crippen molar-refractivity contribution in [1.82, 2.24) is 15.2 Å². The number of hydrogen-bond acceptors (Lipinski definition) is 3. The molecule has 1 aromatic heterocycles. The van der Waals surface area contributed by atoms with Crippen LogP contribution in [-0.2, 0) is 4.79 Å². The number of anilines is 1. The highest BCUT2D eigenvalue weighted by Gasteiger charge is 2.43. The summed E-state index contributed by atoms with van der Waals surface area (Å²) in [5.74, 6) is -2.23. The Morgan fingerprint density at radius 3 is 2.67 bits per heavy atom. The third-order valence-corrected chi connectivity index (χ3v) is 5.80. The molecule has 2 heterocycles. The zero-order chi connectivity index (χ0) is 22.2. The van der Waals surface area contributed by atoms with Gasteiger partial charge < -0.3 is 10.2 Å². The molecule has 1 saturated heterocycles. The lowest BCUT2D eigenvalue weighted by atomic mass is 9.95. The van der Waals surface area contributed by atoms with Gasteiger partial charge in [-0.1, -0.05) is 23.8 Å². The summed E-state index contributed by atoms with van der Waals surface area (Å²) in [5, 5.41) is 2.29. The monoisotopic (exact) mass is 442 g/mol. The van der Waals surface area contributed by atoms with Crippen molar-refractivity contribution in [2.24, 2.45) is 5.92 Å². The van der Waals surface area contributed by atoms with Crippen LogP contribution in [0.2, 0.25) is 0 Å². The summed E-state index contributed by atoms with van der Waals surface area (Å²) in [6, 6.07) is 2.42. The van der Waals surface area contributed by atoms with Crippen molar-refractivity contribution < 1.29 is 22.8 Å². The van der Waals surface area contributed by atoms with Crippen LogP contribution >= 0.6 is 11.6 Å². The van der Waals surface area contributed by atoms with Crippen LogP contribution in [0.5, 0.6) is 0 Å². The highest BCUT2D eigenvalue weighted by molar-refractivity contribution is 6.30. The van der Waals surface area contributed by atoms with E-state index in [9.17, 15) is 22.8 Å². The lowest BCUT2D eigenvalue weighted by Gasteiger charge is -2.24. The normalized spacial score (nSPS) is 22.2. The highest BCUT2D eigenvalue weighted by atomic mass is 35.5. The summed E-state index contributed by atoms with van der Waals surface area (Å²) in [5.41, 5.74) is 2.30. The molecule has 2 atom stereocenters. The van der Waals surface area contributed by atoms with E-state index in [1.807, 2.05) is 6.92 Å². The van der Waals surface area contributed by atoms with Crippen LogP contribution in [0, 0.1) is 19.8 Å². The number of aryl methyl sites for hydroxylation is 2. The Labute approximate surface area is 177 Å². The third kappa shape index (κ3) is 4.30. The van der Waals surface area contributed by atoms with Gasteiger partial charge in [0, 0.05) is 24.3 Å². The fraction of sp³-hybridized carbons (Fsp3) is 0.450. The summed E-state index contributed by atoms with van der Waals surface area (Å²) in [6.45, 7) is 3.59. The van der Waals surface area contributed by atoms with Gasteiger partial charge in [0.2, 0.25) is 5.91 Å². The summed E-state index contributed by atoms with van der Waals surface area (Å²) in [7, 11) is 1.51. The van der Waals surface area contributed by atoms with Crippen LogP contribution in [0.4, 0.5) is 23.7 Å². The first-order valence-electron chi connectivity index (χ1n) is 9.38. The van der Waals surface area contributed by atoms with E-state index < -0.39 is 24.0 Å². The molecule has 1 aliphatic carbocycles. The van der Waals surface area contributed by atoms with E-state index in [-0.39, 0.29) is 36.1 Å². The molecule has 162 valence electrons. The van der Waals surface area contributed by atoms with Gasteiger partial charge in [-0.3, -0.25) is 14.7 Å². The molecular formula is C20H22ClF3N4O2. The Morgan fingerprint density at radius 2 is 2.03 bits per heavy atom. The van der Waals surface area contributed by atoms with Crippen LogP contribution in [0.1, 0.15) is 17.8 Å². The molecule has 1 aromatic rings. The number of alkyl halides is 3. The second-order valence-corrected chi connectivity index (χ2v) is 7.81. The summed E-state index contributed by atoms with van der Waals surface area (Å²) < 4.78 is 39.2. The minimum atomic E-state index is -4.45. The fourth-order valence-corrected chi connectivity index (χ4v) is 3.94. The Balaban J connectivity index is 1.70. The zero-order valence-corrected chi connectivity index (χ0v) is 17.5. The van der Waals surface area contributed by atoms with Gasteiger partial charge in [-0.15, -0.1) is 0 Å². The molecule has 0 spiro atoms. The van der Waals surface area contributed by atoms with E-state index in [0.717, 1.165) is 5.69 Å². The third-order valence-electron chi connectivity index (χ3n) is 5.30. The predicted molar refractivity (Wildman–Crippen MR) is 107 cm³/mol. The smallest absolute Gasteiger partial charge is 0.350 e. The van der Waals surface area contributed by atoms with E-state index in [1.54, 1.807) is 19.1 Å². The number of urea groups is 1. The van der Waals surface area contributed by atoms with Crippen molar-refractivity contribution in [1.29, 1.82) is 0 Å². The van der Waals surface area contributed by atoms with Gasteiger partial charge >= 0.3 is 12.2 Å².